The van der Waals surface area contributed by atoms with Crippen molar-refractivity contribution in [2.45, 2.75) is 57.7 Å². The first-order valence-electron chi connectivity index (χ1n) is 6.60. The van der Waals surface area contributed by atoms with E-state index < -0.39 is 0 Å². The summed E-state index contributed by atoms with van der Waals surface area (Å²) in [4.78, 5) is 0. The lowest BCUT2D eigenvalue weighted by Gasteiger charge is -2.19. The number of nitrogens with one attached hydrogen (secondary N) is 1. The van der Waals surface area contributed by atoms with Crippen LogP contribution in [0.3, 0.4) is 0 Å². The van der Waals surface area contributed by atoms with E-state index in [2.05, 4.69) is 22.6 Å². The minimum Gasteiger partial charge on any atom is -0.391 e. The Bertz CT molecular complexity index is 339. The van der Waals surface area contributed by atoms with E-state index in [0.29, 0.717) is 0 Å². The van der Waals surface area contributed by atoms with E-state index in [1.165, 1.54) is 12.8 Å². The van der Waals surface area contributed by atoms with E-state index in [9.17, 15) is 5.11 Å². The second-order valence-electron chi connectivity index (χ2n) is 4.74. The van der Waals surface area contributed by atoms with Crippen molar-refractivity contribution in [3.8, 4) is 0 Å². The maximum absolute atomic E-state index is 10.1. The third-order valence-corrected chi connectivity index (χ3v) is 3.40. The second kappa shape index (κ2) is 6.12. The maximum atomic E-state index is 10.1. The van der Waals surface area contributed by atoms with Crippen LogP contribution in [0.2, 0.25) is 0 Å². The van der Waals surface area contributed by atoms with Crippen molar-refractivity contribution < 1.29 is 5.11 Å². The van der Waals surface area contributed by atoms with E-state index in [1.54, 1.807) is 0 Å². The molecule has 0 saturated heterocycles. The fourth-order valence-corrected chi connectivity index (χ4v) is 2.39. The summed E-state index contributed by atoms with van der Waals surface area (Å²) in [6.45, 7) is 3.75. The molecule has 0 bridgehead atoms. The molecule has 1 saturated carbocycles. The highest BCUT2D eigenvalue weighted by atomic mass is 16.3. The summed E-state index contributed by atoms with van der Waals surface area (Å²) < 4.78 is 1.85. The molecule has 0 aliphatic heterocycles. The van der Waals surface area contributed by atoms with Gasteiger partial charge in [0.05, 0.1) is 24.0 Å². The van der Waals surface area contributed by atoms with Crippen LogP contribution >= 0.6 is 0 Å². The summed E-state index contributed by atoms with van der Waals surface area (Å²) in [6, 6.07) is 0.111. The fraction of sp³-hybridized carbons (Fsp3) is 0.833. The van der Waals surface area contributed by atoms with Crippen LogP contribution in [0.15, 0.2) is 6.20 Å². The van der Waals surface area contributed by atoms with Gasteiger partial charge in [-0.1, -0.05) is 31.4 Å². The molecule has 1 aromatic heterocycles. The van der Waals surface area contributed by atoms with Crippen molar-refractivity contribution >= 4 is 0 Å². The molecule has 1 heterocycles. The molecule has 0 amide bonds. The standard InChI is InChI=1S/C12H22N4O/c1-2-13-8-10-9-16(15-14-10)11-6-4-3-5-7-12(11)17/h9,11-13,17H,2-8H2,1H3. The molecule has 96 valence electrons. The van der Waals surface area contributed by atoms with E-state index in [0.717, 1.165) is 38.0 Å². The number of aliphatic hydroxyl groups excluding tert-OH is 1. The Kier molecular flexibility index (Phi) is 4.50. The zero-order valence-corrected chi connectivity index (χ0v) is 10.5. The second-order valence-corrected chi connectivity index (χ2v) is 4.74. The summed E-state index contributed by atoms with van der Waals surface area (Å²) in [5, 5.41) is 21.6. The number of aromatic nitrogens is 3. The van der Waals surface area contributed by atoms with Gasteiger partial charge < -0.3 is 10.4 Å². The normalized spacial score (nSPS) is 25.8. The molecular formula is C12H22N4O. The average Bonchev–Trinajstić information content (AvgIpc) is 2.69. The molecule has 1 fully saturated rings. The van der Waals surface area contributed by atoms with Crippen LogP contribution in [0.1, 0.15) is 50.8 Å². The van der Waals surface area contributed by atoms with Crippen LogP contribution in [-0.2, 0) is 6.54 Å². The number of hydrogen-bond donors (Lipinski definition) is 2. The largest absolute Gasteiger partial charge is 0.391 e. The third-order valence-electron chi connectivity index (χ3n) is 3.40. The van der Waals surface area contributed by atoms with Gasteiger partial charge in [0.25, 0.3) is 0 Å². The predicted octanol–water partition coefficient (Wildman–Crippen LogP) is 1.25. The van der Waals surface area contributed by atoms with Crippen molar-refractivity contribution in [1.29, 1.82) is 0 Å². The van der Waals surface area contributed by atoms with Crippen LogP contribution in [0.4, 0.5) is 0 Å². The van der Waals surface area contributed by atoms with Gasteiger partial charge in [-0.2, -0.15) is 0 Å². The highest BCUT2D eigenvalue weighted by Crippen LogP contribution is 2.26. The first kappa shape index (κ1) is 12.5. The third kappa shape index (κ3) is 3.26. The van der Waals surface area contributed by atoms with Crippen molar-refractivity contribution in [2.24, 2.45) is 0 Å². The molecule has 17 heavy (non-hydrogen) atoms. The zero-order valence-electron chi connectivity index (χ0n) is 10.5. The average molecular weight is 238 g/mol. The summed E-state index contributed by atoms with van der Waals surface area (Å²) in [5.41, 5.74) is 0.947. The van der Waals surface area contributed by atoms with Crippen LogP contribution in [0.5, 0.6) is 0 Å². The molecule has 5 heteroatoms. The lowest BCUT2D eigenvalue weighted by molar-refractivity contribution is 0.0980. The number of hydrogen-bond acceptors (Lipinski definition) is 4. The van der Waals surface area contributed by atoms with Gasteiger partial charge in [-0.3, -0.25) is 0 Å². The highest BCUT2D eigenvalue weighted by Gasteiger charge is 2.24. The lowest BCUT2D eigenvalue weighted by atomic mass is 10.1. The molecule has 2 rings (SSSR count). The van der Waals surface area contributed by atoms with Gasteiger partial charge in [0.2, 0.25) is 0 Å². The Morgan fingerprint density at radius 3 is 3.06 bits per heavy atom. The van der Waals surface area contributed by atoms with Crippen LogP contribution in [0, 0.1) is 0 Å². The first-order chi connectivity index (χ1) is 8.31. The van der Waals surface area contributed by atoms with Crippen molar-refractivity contribution in [3.63, 3.8) is 0 Å². The van der Waals surface area contributed by atoms with Crippen molar-refractivity contribution in [2.75, 3.05) is 6.54 Å². The van der Waals surface area contributed by atoms with Gasteiger partial charge in [-0.15, -0.1) is 5.10 Å². The lowest BCUT2D eigenvalue weighted by Crippen LogP contribution is -2.23. The summed E-state index contributed by atoms with van der Waals surface area (Å²) in [7, 11) is 0. The monoisotopic (exact) mass is 238 g/mol. The summed E-state index contributed by atoms with van der Waals surface area (Å²) in [6.07, 6.45) is 7.08. The van der Waals surface area contributed by atoms with Crippen LogP contribution in [-0.4, -0.2) is 32.7 Å². The molecule has 0 aromatic carbocycles. The molecule has 0 spiro atoms. The summed E-state index contributed by atoms with van der Waals surface area (Å²) >= 11 is 0. The molecule has 2 atom stereocenters. The Balaban J connectivity index is 2.01. The van der Waals surface area contributed by atoms with Gasteiger partial charge in [0.1, 0.15) is 0 Å². The van der Waals surface area contributed by atoms with Gasteiger partial charge in [0.15, 0.2) is 0 Å². The molecule has 1 aliphatic carbocycles. The van der Waals surface area contributed by atoms with Gasteiger partial charge in [-0.05, 0) is 19.4 Å². The molecule has 1 aromatic rings. The van der Waals surface area contributed by atoms with Crippen molar-refractivity contribution in [1.82, 2.24) is 20.3 Å². The molecule has 2 unspecified atom stereocenters. The predicted molar refractivity (Wildman–Crippen MR) is 65.5 cm³/mol. The van der Waals surface area contributed by atoms with Gasteiger partial charge in [-0.25, -0.2) is 4.68 Å². The smallest absolute Gasteiger partial charge is 0.0964 e. The zero-order chi connectivity index (χ0) is 12.1. The summed E-state index contributed by atoms with van der Waals surface area (Å²) in [5.74, 6) is 0. The van der Waals surface area contributed by atoms with Crippen molar-refractivity contribution in [3.05, 3.63) is 11.9 Å². The molecule has 5 nitrogen and oxygen atoms in total. The van der Waals surface area contributed by atoms with E-state index in [-0.39, 0.29) is 12.1 Å². The fourth-order valence-electron chi connectivity index (χ4n) is 2.39. The quantitative estimate of drug-likeness (QED) is 0.775. The molecular weight excluding hydrogens is 216 g/mol. The highest BCUT2D eigenvalue weighted by molar-refractivity contribution is 4.94. The topological polar surface area (TPSA) is 63.0 Å². The number of nitrogens with zero attached hydrogens (tertiary/aromatic N) is 3. The van der Waals surface area contributed by atoms with E-state index in [1.807, 2.05) is 10.9 Å². The van der Waals surface area contributed by atoms with E-state index >= 15 is 0 Å². The van der Waals surface area contributed by atoms with Crippen LogP contribution < -0.4 is 5.32 Å². The van der Waals surface area contributed by atoms with E-state index in [4.69, 9.17) is 0 Å². The molecule has 1 aliphatic rings. The minimum atomic E-state index is -0.272. The van der Waals surface area contributed by atoms with Gasteiger partial charge >= 0.3 is 0 Å². The Morgan fingerprint density at radius 1 is 1.41 bits per heavy atom. The maximum Gasteiger partial charge on any atom is 0.0964 e. The van der Waals surface area contributed by atoms with Gasteiger partial charge in [0, 0.05) is 6.54 Å². The van der Waals surface area contributed by atoms with Crippen LogP contribution in [0.25, 0.3) is 0 Å². The Labute approximate surface area is 102 Å². The minimum absolute atomic E-state index is 0.111. The number of rotatable bonds is 4. The Hall–Kier alpha value is -0.940. The molecule has 0 radical (unpaired) electrons. The SMILES string of the molecule is CCNCc1cn(C2CCCCCC2O)nn1. The number of aliphatic hydroxyl groups is 1. The molecule has 2 N–H and O–H groups in total. The Morgan fingerprint density at radius 2 is 2.24 bits per heavy atom. The first-order valence-corrected chi connectivity index (χ1v) is 6.60.